The van der Waals surface area contributed by atoms with Crippen LogP contribution in [0.25, 0.3) is 0 Å². The molecule has 126 valence electrons. The molecule has 24 heavy (non-hydrogen) atoms. The molecule has 1 N–H and O–H groups in total. The molecule has 0 bridgehead atoms. The lowest BCUT2D eigenvalue weighted by atomic mass is 10.1. The highest BCUT2D eigenvalue weighted by atomic mass is 35.5. The number of rotatable bonds is 7. The van der Waals surface area contributed by atoms with E-state index in [1.807, 2.05) is 30.3 Å². The largest absolute Gasteiger partial charge is 0.465 e. The van der Waals surface area contributed by atoms with Crippen LogP contribution in [0.4, 0.5) is 5.69 Å². The van der Waals surface area contributed by atoms with Crippen molar-refractivity contribution in [2.24, 2.45) is 0 Å². The molecule has 0 atom stereocenters. The van der Waals surface area contributed by atoms with Gasteiger partial charge in [-0.2, -0.15) is 11.8 Å². The molecule has 0 aliphatic carbocycles. The number of thioether (sulfide) groups is 1. The van der Waals surface area contributed by atoms with Crippen LogP contribution in [0.5, 0.6) is 0 Å². The van der Waals surface area contributed by atoms with Crippen molar-refractivity contribution in [2.75, 3.05) is 18.2 Å². The molecular formula is C18H18ClNO3S. The molecule has 0 unspecified atom stereocenters. The van der Waals surface area contributed by atoms with Crippen molar-refractivity contribution in [1.29, 1.82) is 0 Å². The van der Waals surface area contributed by atoms with Gasteiger partial charge in [0.25, 0.3) is 0 Å². The van der Waals surface area contributed by atoms with Crippen molar-refractivity contribution in [3.63, 3.8) is 0 Å². The highest BCUT2D eigenvalue weighted by molar-refractivity contribution is 7.98. The first-order chi connectivity index (χ1) is 11.6. The Hall–Kier alpha value is -1.98. The van der Waals surface area contributed by atoms with E-state index in [-0.39, 0.29) is 11.9 Å². The summed E-state index contributed by atoms with van der Waals surface area (Å²) in [7, 11) is 1.36. The Morgan fingerprint density at radius 1 is 1.17 bits per heavy atom. The number of amides is 1. The summed E-state index contributed by atoms with van der Waals surface area (Å²) in [6.45, 7) is 0. The second kappa shape index (κ2) is 9.35. The lowest BCUT2D eigenvalue weighted by Gasteiger charge is -2.07. The first-order valence-corrected chi connectivity index (χ1v) is 8.93. The molecule has 2 aromatic rings. The Labute approximate surface area is 150 Å². The van der Waals surface area contributed by atoms with Crippen molar-refractivity contribution in [3.8, 4) is 0 Å². The fraction of sp³-hybridized carbons (Fsp3) is 0.222. The number of halogens is 1. The van der Waals surface area contributed by atoms with Crippen LogP contribution in [-0.2, 0) is 15.3 Å². The van der Waals surface area contributed by atoms with Gasteiger partial charge in [0.05, 0.1) is 23.4 Å². The van der Waals surface area contributed by atoms with Crippen LogP contribution in [-0.4, -0.2) is 24.7 Å². The molecule has 0 aliphatic heterocycles. The van der Waals surface area contributed by atoms with E-state index in [1.165, 1.54) is 7.11 Å². The summed E-state index contributed by atoms with van der Waals surface area (Å²) in [5.41, 5.74) is 2.18. The van der Waals surface area contributed by atoms with Gasteiger partial charge in [0.15, 0.2) is 0 Å². The number of ether oxygens (including phenoxy) is 1. The monoisotopic (exact) mass is 363 g/mol. The highest BCUT2D eigenvalue weighted by Crippen LogP contribution is 2.21. The van der Waals surface area contributed by atoms with E-state index in [2.05, 4.69) is 5.32 Å². The molecule has 6 heteroatoms. The molecule has 0 radical (unpaired) electrons. The molecular weight excluding hydrogens is 346 g/mol. The second-order valence-electron chi connectivity index (χ2n) is 5.02. The van der Waals surface area contributed by atoms with Gasteiger partial charge in [0, 0.05) is 17.9 Å². The molecule has 0 aliphatic rings. The number of benzene rings is 2. The highest BCUT2D eigenvalue weighted by Gasteiger charge is 2.07. The minimum atomic E-state index is -0.346. The van der Waals surface area contributed by atoms with Gasteiger partial charge in [-0.15, -0.1) is 0 Å². The third kappa shape index (κ3) is 5.58. The molecule has 1 amide bonds. The summed E-state index contributed by atoms with van der Waals surface area (Å²) in [4.78, 5) is 23.4. The van der Waals surface area contributed by atoms with Gasteiger partial charge in [-0.05, 0) is 29.8 Å². The number of carbonyl (C=O) groups is 2. The Morgan fingerprint density at radius 3 is 2.71 bits per heavy atom. The number of hydrogen-bond donors (Lipinski definition) is 1. The van der Waals surface area contributed by atoms with E-state index in [9.17, 15) is 9.59 Å². The van der Waals surface area contributed by atoms with Gasteiger partial charge >= 0.3 is 5.97 Å². The predicted molar refractivity (Wildman–Crippen MR) is 98.6 cm³/mol. The van der Waals surface area contributed by atoms with Crippen LogP contribution in [0.15, 0.2) is 48.5 Å². The number of carbonyl (C=O) groups excluding carboxylic acids is 2. The van der Waals surface area contributed by atoms with Crippen molar-refractivity contribution in [1.82, 2.24) is 0 Å². The van der Waals surface area contributed by atoms with Crippen molar-refractivity contribution in [2.45, 2.75) is 12.2 Å². The van der Waals surface area contributed by atoms with Crippen molar-refractivity contribution in [3.05, 3.63) is 64.7 Å². The maximum absolute atomic E-state index is 11.9. The van der Waals surface area contributed by atoms with Gasteiger partial charge in [-0.1, -0.05) is 35.9 Å². The van der Waals surface area contributed by atoms with Crippen LogP contribution in [0, 0.1) is 0 Å². The van der Waals surface area contributed by atoms with Crippen LogP contribution in [0.3, 0.4) is 0 Å². The zero-order valence-electron chi connectivity index (χ0n) is 13.3. The van der Waals surface area contributed by atoms with E-state index in [0.29, 0.717) is 28.4 Å². The molecule has 0 spiro atoms. The number of hydrogen-bond acceptors (Lipinski definition) is 4. The summed E-state index contributed by atoms with van der Waals surface area (Å²) >= 11 is 7.64. The standard InChI is InChI=1S/C18H18ClNO3S/c1-23-18(22)14-6-4-5-13(11-14)12-24-10-9-17(21)20-16-8-3-2-7-15(16)19/h2-8,11H,9-10,12H2,1H3,(H,20,21). The third-order valence-electron chi connectivity index (χ3n) is 3.24. The summed E-state index contributed by atoms with van der Waals surface area (Å²) in [6.07, 6.45) is 0.395. The lowest BCUT2D eigenvalue weighted by molar-refractivity contribution is -0.115. The second-order valence-corrected chi connectivity index (χ2v) is 6.53. The fourth-order valence-corrected chi connectivity index (χ4v) is 3.11. The van der Waals surface area contributed by atoms with Crippen LogP contribution < -0.4 is 5.32 Å². The SMILES string of the molecule is COC(=O)c1cccc(CSCCC(=O)Nc2ccccc2Cl)c1. The molecule has 0 saturated heterocycles. The molecule has 0 heterocycles. The van der Waals surface area contributed by atoms with E-state index >= 15 is 0 Å². The van der Waals surface area contributed by atoms with Crippen molar-refractivity contribution < 1.29 is 14.3 Å². The van der Waals surface area contributed by atoms with Gasteiger partial charge in [0.1, 0.15) is 0 Å². The average molecular weight is 364 g/mol. The molecule has 4 nitrogen and oxygen atoms in total. The molecule has 2 rings (SSSR count). The number of methoxy groups -OCH3 is 1. The van der Waals surface area contributed by atoms with Crippen LogP contribution in [0.2, 0.25) is 5.02 Å². The van der Waals surface area contributed by atoms with E-state index in [4.69, 9.17) is 16.3 Å². The van der Waals surface area contributed by atoms with E-state index < -0.39 is 0 Å². The number of para-hydroxylation sites is 1. The number of anilines is 1. The summed E-state index contributed by atoms with van der Waals surface area (Å²) in [5.74, 6) is 0.989. The smallest absolute Gasteiger partial charge is 0.337 e. The van der Waals surface area contributed by atoms with Gasteiger partial charge in [-0.25, -0.2) is 4.79 Å². The first-order valence-electron chi connectivity index (χ1n) is 7.39. The molecule has 0 aromatic heterocycles. The number of nitrogens with one attached hydrogen (secondary N) is 1. The Kier molecular flexibility index (Phi) is 7.15. The summed E-state index contributed by atoms with van der Waals surface area (Å²) in [5, 5.41) is 3.32. The van der Waals surface area contributed by atoms with Crippen LogP contribution >= 0.6 is 23.4 Å². The topological polar surface area (TPSA) is 55.4 Å². The molecule has 0 saturated carbocycles. The van der Waals surface area contributed by atoms with Gasteiger partial charge in [0.2, 0.25) is 5.91 Å². The fourth-order valence-electron chi connectivity index (χ4n) is 2.04. The summed E-state index contributed by atoms with van der Waals surface area (Å²) in [6, 6.07) is 14.4. The summed E-state index contributed by atoms with van der Waals surface area (Å²) < 4.78 is 4.71. The van der Waals surface area contributed by atoms with Gasteiger partial charge < -0.3 is 10.1 Å². The zero-order valence-corrected chi connectivity index (χ0v) is 14.8. The number of esters is 1. The lowest BCUT2D eigenvalue weighted by Crippen LogP contribution is -2.12. The van der Waals surface area contributed by atoms with E-state index in [0.717, 1.165) is 11.3 Å². The molecule has 2 aromatic carbocycles. The van der Waals surface area contributed by atoms with Gasteiger partial charge in [-0.3, -0.25) is 4.79 Å². The average Bonchev–Trinajstić information content (AvgIpc) is 2.60. The van der Waals surface area contributed by atoms with Crippen molar-refractivity contribution >= 4 is 40.9 Å². The molecule has 0 fully saturated rings. The Balaban J connectivity index is 1.76. The maximum Gasteiger partial charge on any atom is 0.337 e. The predicted octanol–water partition coefficient (Wildman–Crippen LogP) is 4.39. The first kappa shape index (κ1) is 18.4. The minimum Gasteiger partial charge on any atom is -0.465 e. The van der Waals surface area contributed by atoms with E-state index in [1.54, 1.807) is 30.0 Å². The van der Waals surface area contributed by atoms with Crippen LogP contribution in [0.1, 0.15) is 22.3 Å². The normalized spacial score (nSPS) is 10.2. The quantitative estimate of drug-likeness (QED) is 0.585. The zero-order chi connectivity index (χ0) is 17.4. The minimum absolute atomic E-state index is 0.0705. The third-order valence-corrected chi connectivity index (χ3v) is 4.60. The Bertz CT molecular complexity index is 721. The maximum atomic E-state index is 11.9. The Morgan fingerprint density at radius 2 is 1.96 bits per heavy atom.